The van der Waals surface area contributed by atoms with Gasteiger partial charge in [-0.1, -0.05) is 36.4 Å². The third-order valence-corrected chi connectivity index (χ3v) is 10.9. The van der Waals surface area contributed by atoms with Gasteiger partial charge in [-0.3, -0.25) is 4.18 Å². The van der Waals surface area contributed by atoms with Crippen molar-refractivity contribution in [1.29, 1.82) is 0 Å². The summed E-state index contributed by atoms with van der Waals surface area (Å²) in [6, 6.07) is 25.0. The molecule has 3 saturated heterocycles. The summed E-state index contributed by atoms with van der Waals surface area (Å²) in [5.41, 5.74) is 1.84. The van der Waals surface area contributed by atoms with Gasteiger partial charge in [-0.25, -0.2) is 4.79 Å². The molecule has 0 spiro atoms. The van der Waals surface area contributed by atoms with E-state index < -0.39 is 45.8 Å². The fourth-order valence-corrected chi connectivity index (χ4v) is 9.37. The van der Waals surface area contributed by atoms with E-state index in [1.165, 1.54) is 9.79 Å². The van der Waals surface area contributed by atoms with Crippen molar-refractivity contribution in [2.45, 2.75) is 64.6 Å². The first kappa shape index (κ1) is 24.5. The molecule has 192 valence electrons. The van der Waals surface area contributed by atoms with Crippen molar-refractivity contribution in [3.05, 3.63) is 83.9 Å². The summed E-state index contributed by atoms with van der Waals surface area (Å²) < 4.78 is 46.5. The minimum absolute atomic E-state index is 0.284. The van der Waals surface area contributed by atoms with Crippen LogP contribution in [0.3, 0.4) is 0 Å². The SMILES string of the molecule is Cc1cc([S+](c2ccccc2)c2ccccc2)cc(C)c1OCC(=O)OC1C2CC3C(O2)C1OS3(=O)=O. The zero-order chi connectivity index (χ0) is 25.7. The number of rotatable bonds is 7. The normalized spacial score (nSPS) is 26.9. The third kappa shape index (κ3) is 4.44. The second-order valence-electron chi connectivity index (χ2n) is 9.53. The maximum absolute atomic E-state index is 12.6. The van der Waals surface area contributed by atoms with Crippen LogP contribution < -0.4 is 4.74 Å². The summed E-state index contributed by atoms with van der Waals surface area (Å²) in [4.78, 5) is 16.2. The van der Waals surface area contributed by atoms with Gasteiger partial charge in [0, 0.05) is 12.1 Å². The van der Waals surface area contributed by atoms with Crippen LogP contribution in [0.4, 0.5) is 0 Å². The van der Waals surface area contributed by atoms with Crippen LogP contribution in [-0.4, -0.2) is 50.7 Å². The van der Waals surface area contributed by atoms with E-state index >= 15 is 0 Å². The van der Waals surface area contributed by atoms with Gasteiger partial charge < -0.3 is 14.2 Å². The van der Waals surface area contributed by atoms with Crippen LogP contribution in [0, 0.1) is 13.8 Å². The van der Waals surface area contributed by atoms with Gasteiger partial charge >= 0.3 is 5.97 Å². The number of aryl methyl sites for hydroxylation is 2. The molecule has 5 unspecified atom stereocenters. The fourth-order valence-electron chi connectivity index (χ4n) is 5.46. The lowest BCUT2D eigenvalue weighted by Crippen LogP contribution is -2.42. The molecule has 0 radical (unpaired) electrons. The van der Waals surface area contributed by atoms with Crippen molar-refractivity contribution in [2.24, 2.45) is 0 Å². The first-order valence-electron chi connectivity index (χ1n) is 12.2. The molecule has 3 aliphatic rings. The monoisotopic (exact) mass is 539 g/mol. The van der Waals surface area contributed by atoms with Crippen molar-refractivity contribution >= 4 is 27.0 Å². The lowest BCUT2D eigenvalue weighted by molar-refractivity contribution is -0.157. The van der Waals surface area contributed by atoms with E-state index in [9.17, 15) is 13.2 Å². The van der Waals surface area contributed by atoms with E-state index in [2.05, 4.69) is 60.7 Å². The molecule has 0 aromatic heterocycles. The Labute approximate surface area is 219 Å². The van der Waals surface area contributed by atoms with Gasteiger partial charge in [0.15, 0.2) is 27.4 Å². The van der Waals surface area contributed by atoms with Crippen molar-refractivity contribution in [2.75, 3.05) is 6.61 Å². The van der Waals surface area contributed by atoms with Crippen LogP contribution in [0.2, 0.25) is 0 Å². The summed E-state index contributed by atoms with van der Waals surface area (Å²) in [6.45, 7) is 3.65. The third-order valence-electron chi connectivity index (χ3n) is 7.02. The Kier molecular flexibility index (Phi) is 6.27. The highest BCUT2D eigenvalue weighted by molar-refractivity contribution is 7.97. The molecular weight excluding hydrogens is 512 g/mol. The minimum Gasteiger partial charge on any atom is -0.481 e. The molecule has 3 heterocycles. The van der Waals surface area contributed by atoms with Crippen LogP contribution in [-0.2, 0) is 39.5 Å². The largest absolute Gasteiger partial charge is 0.481 e. The Morgan fingerprint density at radius 1 is 0.919 bits per heavy atom. The van der Waals surface area contributed by atoms with Crippen LogP contribution in [0.1, 0.15) is 17.5 Å². The van der Waals surface area contributed by atoms with E-state index in [4.69, 9.17) is 18.4 Å². The topological polar surface area (TPSA) is 88.1 Å². The lowest BCUT2D eigenvalue weighted by Gasteiger charge is -2.22. The van der Waals surface area contributed by atoms with Crippen LogP contribution in [0.15, 0.2) is 87.5 Å². The smallest absolute Gasteiger partial charge is 0.344 e. The van der Waals surface area contributed by atoms with Gasteiger partial charge in [0.2, 0.25) is 0 Å². The first-order chi connectivity index (χ1) is 17.8. The second-order valence-corrected chi connectivity index (χ2v) is 13.3. The van der Waals surface area contributed by atoms with Gasteiger partial charge in [0.25, 0.3) is 10.1 Å². The summed E-state index contributed by atoms with van der Waals surface area (Å²) in [5, 5.41) is -0.658. The highest BCUT2D eigenvalue weighted by atomic mass is 32.2. The van der Waals surface area contributed by atoms with Gasteiger partial charge in [-0.2, -0.15) is 8.42 Å². The van der Waals surface area contributed by atoms with E-state index in [-0.39, 0.29) is 23.9 Å². The molecule has 0 N–H and O–H groups in total. The highest BCUT2D eigenvalue weighted by Gasteiger charge is 2.67. The lowest BCUT2D eigenvalue weighted by atomic mass is 9.94. The molecule has 3 aromatic carbocycles. The van der Waals surface area contributed by atoms with E-state index in [0.29, 0.717) is 5.75 Å². The molecule has 0 saturated carbocycles. The zero-order valence-electron chi connectivity index (χ0n) is 20.4. The number of fused-ring (bicyclic) bond motifs is 1. The standard InChI is InChI=1S/C28H27O7S2/c1-17-13-21(36(19-9-5-3-6-10-19)20-11-7-4-8-12-20)14-18(2)25(17)32-16-24(29)34-26-22-15-23-27(33-22)28(26)35-37(23,30)31/h3-14,22-23,26-28H,15-16H2,1-2H3/q+1. The quantitative estimate of drug-likeness (QED) is 0.255. The number of carbonyl (C=O) groups excluding carboxylic acids is 1. The number of hydrogen-bond donors (Lipinski definition) is 0. The Balaban J connectivity index is 1.18. The molecule has 3 aromatic rings. The van der Waals surface area contributed by atoms with E-state index in [1.54, 1.807) is 0 Å². The Hall–Kier alpha value is -2.85. The van der Waals surface area contributed by atoms with Gasteiger partial charge in [-0.05, 0) is 55.7 Å². The highest BCUT2D eigenvalue weighted by Crippen LogP contribution is 2.47. The Bertz CT molecular complexity index is 1360. The fraction of sp³-hybridized carbons (Fsp3) is 0.321. The molecule has 0 amide bonds. The predicted octanol–water partition coefficient (Wildman–Crippen LogP) is 3.96. The summed E-state index contributed by atoms with van der Waals surface area (Å²) in [6.07, 6.45) is -2.24. The molecule has 0 aliphatic carbocycles. The Morgan fingerprint density at radius 2 is 1.51 bits per heavy atom. The predicted molar refractivity (Wildman–Crippen MR) is 137 cm³/mol. The van der Waals surface area contributed by atoms with Crippen LogP contribution in [0.5, 0.6) is 5.75 Å². The number of ether oxygens (including phenoxy) is 3. The summed E-state index contributed by atoms with van der Waals surface area (Å²) >= 11 is 0. The number of carbonyl (C=O) groups is 1. The average Bonchev–Trinajstić information content (AvgIpc) is 3.50. The second kappa shape index (κ2) is 9.47. The molecule has 5 atom stereocenters. The average molecular weight is 540 g/mol. The molecule has 37 heavy (non-hydrogen) atoms. The zero-order valence-corrected chi connectivity index (χ0v) is 22.0. The first-order valence-corrected chi connectivity index (χ1v) is 14.9. The summed E-state index contributed by atoms with van der Waals surface area (Å²) in [7, 11) is -3.96. The molecule has 6 rings (SSSR count). The number of benzene rings is 3. The molecule has 9 heteroatoms. The van der Waals surface area contributed by atoms with Crippen molar-refractivity contribution < 1.29 is 31.6 Å². The van der Waals surface area contributed by atoms with Gasteiger partial charge in [0.1, 0.15) is 23.2 Å². The summed E-state index contributed by atoms with van der Waals surface area (Å²) in [5.74, 6) is 0.0520. The van der Waals surface area contributed by atoms with Crippen LogP contribution in [0.25, 0.3) is 0 Å². The molecule has 3 aliphatic heterocycles. The van der Waals surface area contributed by atoms with Crippen LogP contribution >= 0.6 is 0 Å². The van der Waals surface area contributed by atoms with Crippen molar-refractivity contribution in [3.63, 3.8) is 0 Å². The minimum atomic E-state index is -3.66. The molecular formula is C28H27O7S2+. The maximum atomic E-state index is 12.6. The molecule has 2 bridgehead atoms. The molecule has 7 nitrogen and oxygen atoms in total. The van der Waals surface area contributed by atoms with E-state index in [0.717, 1.165) is 16.0 Å². The Morgan fingerprint density at radius 3 is 2.11 bits per heavy atom. The van der Waals surface area contributed by atoms with Gasteiger partial charge in [-0.15, -0.1) is 0 Å². The number of hydrogen-bond acceptors (Lipinski definition) is 7. The molecule has 3 fully saturated rings. The van der Waals surface area contributed by atoms with Crippen molar-refractivity contribution in [1.82, 2.24) is 0 Å². The van der Waals surface area contributed by atoms with E-state index in [1.807, 2.05) is 26.0 Å². The number of esters is 1. The maximum Gasteiger partial charge on any atom is 0.344 e. The van der Waals surface area contributed by atoms with Crippen molar-refractivity contribution in [3.8, 4) is 5.75 Å². The van der Waals surface area contributed by atoms with Gasteiger partial charge in [0.05, 0.1) is 17.0 Å².